The highest BCUT2D eigenvalue weighted by Gasteiger charge is 2.41. The molecule has 0 aromatic rings. The Bertz CT molecular complexity index is 375. The van der Waals surface area contributed by atoms with Crippen LogP contribution in [0.25, 0.3) is 0 Å². The third kappa shape index (κ3) is 4.68. The fraction of sp³-hybridized carbons (Fsp3) is 0.944. The molecule has 2 atom stereocenters. The van der Waals surface area contributed by atoms with Crippen molar-refractivity contribution in [2.24, 2.45) is 11.7 Å². The van der Waals surface area contributed by atoms with Crippen LogP contribution >= 0.6 is 0 Å². The number of nitrogens with zero attached hydrogens (tertiary/aromatic N) is 3. The Hall–Kier alpha value is -0.650. The third-order valence-electron chi connectivity index (χ3n) is 5.38. The second-order valence-corrected chi connectivity index (χ2v) is 7.64. The van der Waals surface area contributed by atoms with Crippen molar-refractivity contribution in [1.29, 1.82) is 0 Å². The zero-order chi connectivity index (χ0) is 17.0. The maximum absolute atomic E-state index is 12.8. The number of piperidine rings is 1. The van der Waals surface area contributed by atoms with Crippen molar-refractivity contribution in [3.8, 4) is 0 Å². The number of amides is 1. The van der Waals surface area contributed by atoms with Crippen LogP contribution in [0.15, 0.2) is 0 Å². The minimum atomic E-state index is 0.00606. The predicted octanol–water partition coefficient (Wildman–Crippen LogP) is 1.38. The lowest BCUT2D eigenvalue weighted by molar-refractivity contribution is -0.136. The van der Waals surface area contributed by atoms with Crippen LogP contribution in [0.3, 0.4) is 0 Å². The Labute approximate surface area is 142 Å². The zero-order valence-corrected chi connectivity index (χ0v) is 15.5. The van der Waals surface area contributed by atoms with Gasteiger partial charge in [-0.25, -0.2) is 0 Å². The van der Waals surface area contributed by atoms with Crippen molar-refractivity contribution in [2.45, 2.75) is 65.1 Å². The molecule has 5 nitrogen and oxygen atoms in total. The lowest BCUT2D eigenvalue weighted by atomic mass is 10.0. The van der Waals surface area contributed by atoms with Crippen LogP contribution in [0.2, 0.25) is 0 Å². The van der Waals surface area contributed by atoms with E-state index < -0.39 is 0 Å². The fourth-order valence-corrected chi connectivity index (χ4v) is 4.24. The third-order valence-corrected chi connectivity index (χ3v) is 5.38. The Morgan fingerprint density at radius 2 is 1.83 bits per heavy atom. The van der Waals surface area contributed by atoms with Crippen LogP contribution < -0.4 is 5.73 Å². The standard InChI is InChI=1S/C18H36N4O/c1-5-21(6-2)18(23)17-11-15(19)13-22(17)16-7-9-20(10-8-16)12-14(3)4/h14-17H,5-13,19H2,1-4H3/t15-,17+/m1/s1. The molecule has 23 heavy (non-hydrogen) atoms. The largest absolute Gasteiger partial charge is 0.342 e. The van der Waals surface area contributed by atoms with Crippen LogP contribution in [-0.4, -0.2) is 78.0 Å². The van der Waals surface area contributed by atoms with Gasteiger partial charge in [-0.05, 0) is 52.1 Å². The molecule has 0 spiro atoms. The van der Waals surface area contributed by atoms with Gasteiger partial charge < -0.3 is 15.5 Å². The summed E-state index contributed by atoms with van der Waals surface area (Å²) in [5.74, 6) is 1.01. The molecular formula is C18H36N4O. The van der Waals surface area contributed by atoms with E-state index in [2.05, 4.69) is 37.5 Å². The molecule has 5 heteroatoms. The molecule has 0 saturated carbocycles. The maximum Gasteiger partial charge on any atom is 0.239 e. The minimum absolute atomic E-state index is 0.00606. The molecule has 2 heterocycles. The number of hydrogen-bond acceptors (Lipinski definition) is 4. The van der Waals surface area contributed by atoms with Crippen molar-refractivity contribution in [3.63, 3.8) is 0 Å². The smallest absolute Gasteiger partial charge is 0.239 e. The molecule has 0 radical (unpaired) electrons. The first-order chi connectivity index (χ1) is 11.0. The fourth-order valence-electron chi connectivity index (χ4n) is 4.24. The SMILES string of the molecule is CCN(CC)C(=O)[C@@H]1C[C@@H](N)CN1C1CCN(CC(C)C)CC1. The summed E-state index contributed by atoms with van der Waals surface area (Å²) in [6.07, 6.45) is 3.16. The molecule has 2 saturated heterocycles. The molecule has 0 bridgehead atoms. The van der Waals surface area contributed by atoms with Gasteiger partial charge in [-0.15, -0.1) is 0 Å². The summed E-state index contributed by atoms with van der Waals surface area (Å²) in [4.78, 5) is 19.8. The summed E-state index contributed by atoms with van der Waals surface area (Å²) in [5, 5.41) is 0. The normalized spacial score (nSPS) is 27.7. The molecule has 2 rings (SSSR count). The van der Waals surface area contributed by atoms with Crippen LogP contribution in [0.4, 0.5) is 0 Å². The molecule has 2 N–H and O–H groups in total. The van der Waals surface area contributed by atoms with Gasteiger partial charge in [0, 0.05) is 38.3 Å². The number of rotatable bonds is 6. The second-order valence-electron chi connectivity index (χ2n) is 7.64. The highest BCUT2D eigenvalue weighted by molar-refractivity contribution is 5.82. The van der Waals surface area contributed by atoms with E-state index in [1.165, 1.54) is 19.4 Å². The Kier molecular flexibility index (Phi) is 6.86. The molecule has 0 aliphatic carbocycles. The molecule has 2 aliphatic rings. The lowest BCUT2D eigenvalue weighted by Gasteiger charge is -2.40. The van der Waals surface area contributed by atoms with Crippen molar-refractivity contribution in [3.05, 3.63) is 0 Å². The van der Waals surface area contributed by atoms with E-state index >= 15 is 0 Å². The predicted molar refractivity (Wildman–Crippen MR) is 95.3 cm³/mol. The maximum atomic E-state index is 12.8. The highest BCUT2D eigenvalue weighted by Crippen LogP contribution is 2.27. The average molecular weight is 325 g/mol. The van der Waals surface area contributed by atoms with Gasteiger partial charge in [-0.1, -0.05) is 13.8 Å². The summed E-state index contributed by atoms with van der Waals surface area (Å²) >= 11 is 0. The van der Waals surface area contributed by atoms with Gasteiger partial charge in [-0.2, -0.15) is 0 Å². The summed E-state index contributed by atoms with van der Waals surface area (Å²) in [6.45, 7) is 14.6. The number of likely N-dealkylation sites (tertiary alicyclic amines) is 2. The summed E-state index contributed by atoms with van der Waals surface area (Å²) in [5.41, 5.74) is 6.21. The van der Waals surface area contributed by atoms with E-state index in [1.54, 1.807) is 0 Å². The van der Waals surface area contributed by atoms with Crippen molar-refractivity contribution < 1.29 is 4.79 Å². The molecule has 2 aliphatic heterocycles. The first kappa shape index (κ1) is 18.7. The van der Waals surface area contributed by atoms with Gasteiger partial charge in [-0.3, -0.25) is 9.69 Å². The van der Waals surface area contributed by atoms with Crippen LogP contribution in [0.1, 0.15) is 47.0 Å². The van der Waals surface area contributed by atoms with Crippen molar-refractivity contribution >= 4 is 5.91 Å². The van der Waals surface area contributed by atoms with Gasteiger partial charge in [0.1, 0.15) is 0 Å². The van der Waals surface area contributed by atoms with Gasteiger partial charge >= 0.3 is 0 Å². The summed E-state index contributed by atoms with van der Waals surface area (Å²) in [7, 11) is 0. The quantitative estimate of drug-likeness (QED) is 0.802. The van der Waals surface area contributed by atoms with E-state index in [4.69, 9.17) is 5.73 Å². The van der Waals surface area contributed by atoms with Crippen LogP contribution in [0, 0.1) is 5.92 Å². The van der Waals surface area contributed by atoms with E-state index in [-0.39, 0.29) is 18.0 Å². The number of carbonyl (C=O) groups excluding carboxylic acids is 1. The molecular weight excluding hydrogens is 288 g/mol. The minimum Gasteiger partial charge on any atom is -0.342 e. The second kappa shape index (κ2) is 8.45. The van der Waals surface area contributed by atoms with Gasteiger partial charge in [0.05, 0.1) is 6.04 Å². The van der Waals surface area contributed by atoms with E-state index in [0.29, 0.717) is 6.04 Å². The van der Waals surface area contributed by atoms with Gasteiger partial charge in [0.25, 0.3) is 0 Å². The zero-order valence-electron chi connectivity index (χ0n) is 15.5. The number of nitrogens with two attached hydrogens (primary N) is 1. The van der Waals surface area contributed by atoms with Gasteiger partial charge in [0.15, 0.2) is 0 Å². The molecule has 2 fully saturated rings. The first-order valence-corrected chi connectivity index (χ1v) is 9.48. The molecule has 0 aromatic heterocycles. The summed E-state index contributed by atoms with van der Waals surface area (Å²) in [6, 6.07) is 0.677. The van der Waals surface area contributed by atoms with Crippen LogP contribution in [0.5, 0.6) is 0 Å². The first-order valence-electron chi connectivity index (χ1n) is 9.48. The topological polar surface area (TPSA) is 52.8 Å². The lowest BCUT2D eigenvalue weighted by Crippen LogP contribution is -2.52. The van der Waals surface area contributed by atoms with E-state index in [1.807, 2.05) is 4.90 Å². The molecule has 134 valence electrons. The number of hydrogen-bond donors (Lipinski definition) is 1. The van der Waals surface area contributed by atoms with Crippen molar-refractivity contribution in [2.75, 3.05) is 39.3 Å². The number of likely N-dealkylation sites (N-methyl/N-ethyl adjacent to an activating group) is 1. The van der Waals surface area contributed by atoms with Crippen LogP contribution in [-0.2, 0) is 4.79 Å². The van der Waals surface area contributed by atoms with Crippen molar-refractivity contribution in [1.82, 2.24) is 14.7 Å². The van der Waals surface area contributed by atoms with Gasteiger partial charge in [0.2, 0.25) is 5.91 Å². The Morgan fingerprint density at radius 1 is 1.22 bits per heavy atom. The van der Waals surface area contributed by atoms with E-state index in [9.17, 15) is 4.79 Å². The Balaban J connectivity index is 1.96. The Morgan fingerprint density at radius 3 is 2.35 bits per heavy atom. The number of carbonyl (C=O) groups is 1. The monoisotopic (exact) mass is 324 g/mol. The molecule has 0 unspecified atom stereocenters. The molecule has 1 amide bonds. The van der Waals surface area contributed by atoms with E-state index in [0.717, 1.165) is 45.1 Å². The highest BCUT2D eigenvalue weighted by atomic mass is 16.2. The average Bonchev–Trinajstić information content (AvgIpc) is 2.90. The molecule has 0 aromatic carbocycles. The summed E-state index contributed by atoms with van der Waals surface area (Å²) < 4.78 is 0.